The van der Waals surface area contributed by atoms with Crippen LogP contribution < -0.4 is 31.9 Å². The van der Waals surface area contributed by atoms with Crippen molar-refractivity contribution in [2.24, 2.45) is 0 Å². The summed E-state index contributed by atoms with van der Waals surface area (Å²) in [5, 5.41) is 19.6. The molecular weight excluding hydrogens is 1150 g/mol. The van der Waals surface area contributed by atoms with E-state index in [0.29, 0.717) is 104 Å². The Bertz CT molecular complexity index is 1520. The third-order valence-corrected chi connectivity index (χ3v) is 19.0. The lowest BCUT2D eigenvalue weighted by Crippen LogP contribution is -2.43. The molecule has 0 aromatic heterocycles. The standard InChI is InChI=1S/C79H159N9O5/c1-6-11-16-21-26-31-35-40-45-50-59-81-75(89)54-66-86(67-55-76(90)82-60-51-46-41-36-32-27-22-17-12-7-2)71-64-80-65-72-88(70-58-79(93)85-63-49-44-39-30-25-20-15-10-5)74-73-87(68-56-77(91)83-61-52-47-42-37-33-28-23-18-13-8-3)69-57-78(92)84-62-53-48-43-38-34-29-24-19-14-9-4/h80H,6-74H2,1-5H3,(H,81,89)(H,82,90)(H,83,91)(H,84,92)(H,85,93). The molecule has 0 radical (unpaired) electrons. The SMILES string of the molecule is CCCCCCCCCCCCNC(=O)CCN(CCNCCN(CCC(=O)NCCCCCCCCCC)CCN(CCC(=O)NCCCCCCCCCCCC)CCC(=O)NCCCCCCCCCCCC)CCC(=O)NCCCCCCCCCCCC. The highest BCUT2D eigenvalue weighted by atomic mass is 16.2. The molecule has 0 unspecified atom stereocenters. The largest absolute Gasteiger partial charge is 0.356 e. The van der Waals surface area contributed by atoms with Crippen molar-refractivity contribution in [2.75, 3.05) is 105 Å². The first kappa shape index (κ1) is 90.2. The van der Waals surface area contributed by atoms with Gasteiger partial charge in [0.15, 0.2) is 0 Å². The molecular formula is C79H159N9O5. The lowest BCUT2D eigenvalue weighted by molar-refractivity contribution is -0.123. The molecule has 0 heterocycles. The minimum Gasteiger partial charge on any atom is -0.356 e. The number of unbranched alkanes of at least 4 members (excludes halogenated alkanes) is 43. The summed E-state index contributed by atoms with van der Waals surface area (Å²) in [4.78, 5) is 73.2. The van der Waals surface area contributed by atoms with E-state index in [1.165, 1.54) is 244 Å². The Morgan fingerprint density at radius 1 is 0.183 bits per heavy atom. The molecule has 0 saturated carbocycles. The Morgan fingerprint density at radius 3 is 0.516 bits per heavy atom. The molecule has 5 amide bonds. The molecule has 0 aliphatic heterocycles. The lowest BCUT2D eigenvalue weighted by atomic mass is 10.1. The molecule has 14 nitrogen and oxygen atoms in total. The summed E-state index contributed by atoms with van der Waals surface area (Å²) in [7, 11) is 0. The summed E-state index contributed by atoms with van der Waals surface area (Å²) in [6.07, 6.45) is 62.5. The van der Waals surface area contributed by atoms with Gasteiger partial charge in [0.05, 0.1) is 0 Å². The number of hydrogen-bond donors (Lipinski definition) is 6. The number of nitrogens with one attached hydrogen (secondary N) is 6. The summed E-state index contributed by atoms with van der Waals surface area (Å²) in [6, 6.07) is 0. The van der Waals surface area contributed by atoms with Crippen LogP contribution in [-0.2, 0) is 24.0 Å². The van der Waals surface area contributed by atoms with Crippen LogP contribution in [0.25, 0.3) is 0 Å². The smallest absolute Gasteiger partial charge is 0.221 e. The number of hydrogen-bond acceptors (Lipinski definition) is 9. The summed E-state index contributed by atoms with van der Waals surface area (Å²) in [5.74, 6) is 0.382. The predicted octanol–water partition coefficient (Wildman–Crippen LogP) is 17.8. The third-order valence-electron chi connectivity index (χ3n) is 19.0. The first-order valence-electron chi connectivity index (χ1n) is 40.9. The van der Waals surface area contributed by atoms with Crippen LogP contribution in [0.3, 0.4) is 0 Å². The highest BCUT2D eigenvalue weighted by molar-refractivity contribution is 5.77. The Morgan fingerprint density at radius 2 is 0.333 bits per heavy atom. The number of nitrogens with zero attached hydrogens (tertiary/aromatic N) is 3. The zero-order chi connectivity index (χ0) is 67.7. The molecule has 0 bridgehead atoms. The van der Waals surface area contributed by atoms with Gasteiger partial charge in [-0.2, -0.15) is 0 Å². The molecule has 0 aromatic carbocycles. The van der Waals surface area contributed by atoms with Gasteiger partial charge in [0.1, 0.15) is 0 Å². The van der Waals surface area contributed by atoms with Crippen molar-refractivity contribution in [3.05, 3.63) is 0 Å². The fraction of sp³-hybridized carbons (Fsp3) is 0.937. The second-order valence-corrected chi connectivity index (χ2v) is 28.0. The van der Waals surface area contributed by atoms with Crippen LogP contribution >= 0.6 is 0 Å². The maximum absolute atomic E-state index is 13.4. The molecule has 0 saturated heterocycles. The van der Waals surface area contributed by atoms with E-state index in [9.17, 15) is 24.0 Å². The van der Waals surface area contributed by atoms with E-state index in [4.69, 9.17) is 0 Å². The quantitative estimate of drug-likeness (QED) is 0.0325. The zero-order valence-electron chi connectivity index (χ0n) is 62.7. The fourth-order valence-corrected chi connectivity index (χ4v) is 12.5. The van der Waals surface area contributed by atoms with Gasteiger partial charge < -0.3 is 46.6 Å². The van der Waals surface area contributed by atoms with E-state index in [0.717, 1.165) is 96.9 Å². The molecule has 0 rings (SSSR count). The Labute approximate surface area is 577 Å². The van der Waals surface area contributed by atoms with Crippen LogP contribution in [0.1, 0.15) is 375 Å². The monoisotopic (exact) mass is 1310 g/mol. The molecule has 0 spiro atoms. The van der Waals surface area contributed by atoms with Crippen LogP contribution in [0.4, 0.5) is 0 Å². The topological polar surface area (TPSA) is 167 Å². The number of carbonyl (C=O) groups is 5. The van der Waals surface area contributed by atoms with Crippen molar-refractivity contribution >= 4 is 29.5 Å². The minimum absolute atomic E-state index is 0.0690. The molecule has 0 aliphatic rings. The molecule has 0 fully saturated rings. The first-order valence-corrected chi connectivity index (χ1v) is 40.9. The van der Waals surface area contributed by atoms with Crippen LogP contribution in [0, 0.1) is 0 Å². The van der Waals surface area contributed by atoms with Crippen molar-refractivity contribution in [2.45, 2.75) is 375 Å². The van der Waals surface area contributed by atoms with Gasteiger partial charge in [-0.25, -0.2) is 0 Å². The Balaban J connectivity index is 5.80. The van der Waals surface area contributed by atoms with Gasteiger partial charge in [0.2, 0.25) is 29.5 Å². The Kier molecular flexibility index (Phi) is 72.7. The van der Waals surface area contributed by atoms with Crippen LogP contribution in [0.15, 0.2) is 0 Å². The maximum Gasteiger partial charge on any atom is 0.221 e. The van der Waals surface area contributed by atoms with Crippen LogP contribution in [0.5, 0.6) is 0 Å². The fourth-order valence-electron chi connectivity index (χ4n) is 12.5. The van der Waals surface area contributed by atoms with E-state index in [1.54, 1.807) is 0 Å². The third kappa shape index (κ3) is 70.3. The number of amides is 5. The summed E-state index contributed by atoms with van der Waals surface area (Å²) in [5.41, 5.74) is 0. The van der Waals surface area contributed by atoms with Gasteiger partial charge in [0, 0.05) is 137 Å². The second kappa shape index (κ2) is 75.0. The van der Waals surface area contributed by atoms with Crippen molar-refractivity contribution < 1.29 is 24.0 Å². The van der Waals surface area contributed by atoms with Crippen molar-refractivity contribution in [1.29, 1.82) is 0 Å². The Hall–Kier alpha value is -2.81. The van der Waals surface area contributed by atoms with Gasteiger partial charge in [-0.3, -0.25) is 24.0 Å². The van der Waals surface area contributed by atoms with E-state index >= 15 is 0 Å². The van der Waals surface area contributed by atoms with E-state index in [2.05, 4.69) is 81.2 Å². The summed E-state index contributed by atoms with van der Waals surface area (Å²) in [6.45, 7) is 22.1. The van der Waals surface area contributed by atoms with Crippen molar-refractivity contribution in [3.8, 4) is 0 Å². The second-order valence-electron chi connectivity index (χ2n) is 28.0. The number of carbonyl (C=O) groups excluding carboxylic acids is 5. The average Bonchev–Trinajstić information content (AvgIpc) is 3.60. The summed E-state index contributed by atoms with van der Waals surface area (Å²) >= 11 is 0. The number of rotatable bonds is 77. The predicted molar refractivity (Wildman–Crippen MR) is 400 cm³/mol. The van der Waals surface area contributed by atoms with Crippen molar-refractivity contribution in [1.82, 2.24) is 46.6 Å². The minimum atomic E-state index is 0.0690. The average molecular weight is 1320 g/mol. The molecule has 0 atom stereocenters. The van der Waals surface area contributed by atoms with Crippen LogP contribution in [0.2, 0.25) is 0 Å². The maximum atomic E-state index is 13.4. The first-order chi connectivity index (χ1) is 45.7. The van der Waals surface area contributed by atoms with E-state index in [-0.39, 0.29) is 29.5 Å². The van der Waals surface area contributed by atoms with E-state index in [1.807, 2.05) is 0 Å². The van der Waals surface area contributed by atoms with Gasteiger partial charge in [-0.1, -0.05) is 311 Å². The molecule has 93 heavy (non-hydrogen) atoms. The highest BCUT2D eigenvalue weighted by Crippen LogP contribution is 2.15. The van der Waals surface area contributed by atoms with Gasteiger partial charge in [-0.15, -0.1) is 0 Å². The molecule has 6 N–H and O–H groups in total. The van der Waals surface area contributed by atoms with Crippen molar-refractivity contribution in [3.63, 3.8) is 0 Å². The molecule has 550 valence electrons. The van der Waals surface area contributed by atoms with E-state index < -0.39 is 0 Å². The highest BCUT2D eigenvalue weighted by Gasteiger charge is 2.16. The van der Waals surface area contributed by atoms with Crippen LogP contribution in [-0.4, -0.2) is 149 Å². The molecule has 0 aromatic rings. The lowest BCUT2D eigenvalue weighted by Gasteiger charge is -2.28. The summed E-state index contributed by atoms with van der Waals surface area (Å²) < 4.78 is 0. The molecule has 0 aliphatic carbocycles. The van der Waals surface area contributed by atoms with Gasteiger partial charge in [0.25, 0.3) is 0 Å². The zero-order valence-corrected chi connectivity index (χ0v) is 62.7. The molecule has 14 heteroatoms. The van der Waals surface area contributed by atoms with Gasteiger partial charge >= 0.3 is 0 Å². The normalized spacial score (nSPS) is 11.6. The van der Waals surface area contributed by atoms with Gasteiger partial charge in [-0.05, 0) is 32.1 Å².